The number of benzene rings is 1. The molecule has 204 valence electrons. The molecule has 1 N–H and O–H groups in total. The highest BCUT2D eigenvalue weighted by molar-refractivity contribution is 7.12. The summed E-state index contributed by atoms with van der Waals surface area (Å²) in [4.78, 5) is 49.4. The first-order valence-electron chi connectivity index (χ1n) is 13.4. The summed E-state index contributed by atoms with van der Waals surface area (Å²) in [6, 6.07) is 11.8. The van der Waals surface area contributed by atoms with Gasteiger partial charge in [0.1, 0.15) is 11.6 Å². The fraction of sp³-hybridized carbons (Fsp3) is 0.448. The van der Waals surface area contributed by atoms with Gasteiger partial charge in [0, 0.05) is 40.7 Å². The van der Waals surface area contributed by atoms with E-state index in [1.54, 1.807) is 27.0 Å². The first kappa shape index (κ1) is 25.6. The molecule has 1 saturated heterocycles. The molecule has 3 aliphatic rings. The number of carbonyl (C=O) groups excluding carboxylic acids is 2. The summed E-state index contributed by atoms with van der Waals surface area (Å²) in [5, 5.41) is 3.04. The number of aryl methyl sites for hydroxylation is 1. The van der Waals surface area contributed by atoms with Crippen LogP contribution in [0.2, 0.25) is 0 Å². The second-order valence-electron chi connectivity index (χ2n) is 11.5. The largest absolute Gasteiger partial charge is 0.444 e. The molecule has 1 aromatic carbocycles. The summed E-state index contributed by atoms with van der Waals surface area (Å²) >= 11 is 1.60. The van der Waals surface area contributed by atoms with Gasteiger partial charge in [-0.25, -0.2) is 9.78 Å². The quantitative estimate of drug-likeness (QED) is 0.520. The first-order valence-corrected chi connectivity index (χ1v) is 14.2. The smallest absolute Gasteiger partial charge is 0.410 e. The van der Waals surface area contributed by atoms with Gasteiger partial charge in [-0.15, -0.1) is 11.3 Å². The lowest BCUT2D eigenvalue weighted by atomic mass is 9.91. The van der Waals surface area contributed by atoms with E-state index in [0.29, 0.717) is 44.2 Å². The topological polar surface area (TPSA) is 96.8 Å². The van der Waals surface area contributed by atoms with E-state index in [2.05, 4.69) is 28.5 Å². The second-order valence-corrected chi connectivity index (χ2v) is 12.8. The van der Waals surface area contributed by atoms with Gasteiger partial charge in [0.2, 0.25) is 5.91 Å². The highest BCUT2D eigenvalue weighted by Gasteiger charge is 2.35. The molecular weight excluding hydrogens is 514 g/mol. The van der Waals surface area contributed by atoms with Crippen molar-refractivity contribution in [1.29, 1.82) is 0 Å². The second kappa shape index (κ2) is 9.82. The molecule has 3 aliphatic heterocycles. The van der Waals surface area contributed by atoms with Gasteiger partial charge in [0.15, 0.2) is 5.82 Å². The van der Waals surface area contributed by atoms with Gasteiger partial charge in [-0.3, -0.25) is 19.1 Å². The number of aromatic nitrogens is 2. The van der Waals surface area contributed by atoms with Gasteiger partial charge in [-0.1, -0.05) is 30.3 Å². The molecule has 0 aliphatic carbocycles. The zero-order valence-electron chi connectivity index (χ0n) is 22.5. The molecule has 9 nitrogen and oxygen atoms in total. The lowest BCUT2D eigenvalue weighted by Gasteiger charge is -2.40. The molecule has 5 heterocycles. The maximum Gasteiger partial charge on any atom is 0.410 e. The molecule has 3 aromatic rings. The summed E-state index contributed by atoms with van der Waals surface area (Å²) in [7, 11) is 0. The predicted molar refractivity (Wildman–Crippen MR) is 149 cm³/mol. The lowest BCUT2D eigenvalue weighted by Crippen LogP contribution is -2.49. The van der Waals surface area contributed by atoms with Gasteiger partial charge in [-0.2, -0.15) is 0 Å². The van der Waals surface area contributed by atoms with Crippen molar-refractivity contribution in [2.24, 2.45) is 0 Å². The number of carbonyl (C=O) groups is 2. The van der Waals surface area contributed by atoms with Crippen LogP contribution < -0.4 is 15.8 Å². The third-order valence-electron chi connectivity index (χ3n) is 7.53. The Labute approximate surface area is 231 Å². The van der Waals surface area contributed by atoms with Crippen LogP contribution in [0, 0.1) is 0 Å². The van der Waals surface area contributed by atoms with Crippen LogP contribution in [0.15, 0.2) is 47.4 Å². The van der Waals surface area contributed by atoms with E-state index in [-0.39, 0.29) is 17.6 Å². The number of ether oxygens (including phenoxy) is 1. The number of amides is 2. The minimum atomic E-state index is -0.532. The Kier molecular flexibility index (Phi) is 6.45. The molecule has 2 aromatic heterocycles. The van der Waals surface area contributed by atoms with Crippen LogP contribution in [0.5, 0.6) is 0 Å². The van der Waals surface area contributed by atoms with Crippen LogP contribution in [-0.2, 0) is 35.6 Å². The third-order valence-corrected chi connectivity index (χ3v) is 8.69. The monoisotopic (exact) mass is 547 g/mol. The maximum absolute atomic E-state index is 13.4. The summed E-state index contributed by atoms with van der Waals surface area (Å²) < 4.78 is 7.12. The Morgan fingerprint density at radius 2 is 1.92 bits per heavy atom. The Morgan fingerprint density at radius 1 is 1.15 bits per heavy atom. The number of fused-ring (bicyclic) bond motifs is 2. The highest BCUT2D eigenvalue weighted by Crippen LogP contribution is 2.33. The molecule has 39 heavy (non-hydrogen) atoms. The fourth-order valence-corrected chi connectivity index (χ4v) is 6.69. The third kappa shape index (κ3) is 5.05. The first-order chi connectivity index (χ1) is 18.7. The van der Waals surface area contributed by atoms with Crippen LogP contribution in [-0.4, -0.2) is 45.1 Å². The van der Waals surface area contributed by atoms with E-state index < -0.39 is 11.6 Å². The Hall–Kier alpha value is -3.66. The zero-order valence-corrected chi connectivity index (χ0v) is 23.3. The van der Waals surface area contributed by atoms with Gasteiger partial charge >= 0.3 is 6.09 Å². The summed E-state index contributed by atoms with van der Waals surface area (Å²) in [6.45, 7) is 8.50. The fourth-order valence-electron chi connectivity index (χ4n) is 5.55. The van der Waals surface area contributed by atoms with Crippen LogP contribution in [0.25, 0.3) is 0 Å². The average Bonchev–Trinajstić information content (AvgIpc) is 3.56. The molecule has 0 spiro atoms. The summed E-state index contributed by atoms with van der Waals surface area (Å²) in [6.07, 6.45) is 2.68. The van der Waals surface area contributed by atoms with Crippen LogP contribution in [0.1, 0.15) is 65.7 Å². The maximum atomic E-state index is 13.4. The highest BCUT2D eigenvalue weighted by atomic mass is 32.1. The zero-order chi connectivity index (χ0) is 27.3. The van der Waals surface area contributed by atoms with E-state index in [1.807, 2.05) is 43.9 Å². The van der Waals surface area contributed by atoms with E-state index >= 15 is 0 Å². The predicted octanol–water partition coefficient (Wildman–Crippen LogP) is 3.96. The van der Waals surface area contributed by atoms with Crippen molar-refractivity contribution < 1.29 is 14.3 Å². The van der Waals surface area contributed by atoms with Crippen molar-refractivity contribution in [3.63, 3.8) is 0 Å². The number of rotatable bonds is 5. The van der Waals surface area contributed by atoms with Gasteiger partial charge < -0.3 is 15.0 Å². The molecular formula is C29H33N5O4S. The number of nitrogens with zero attached hydrogens (tertiary/aromatic N) is 4. The van der Waals surface area contributed by atoms with E-state index in [4.69, 9.17) is 4.74 Å². The van der Waals surface area contributed by atoms with E-state index in [1.165, 1.54) is 5.56 Å². The molecule has 0 saturated carbocycles. The van der Waals surface area contributed by atoms with Gasteiger partial charge in [0.25, 0.3) is 5.56 Å². The summed E-state index contributed by atoms with van der Waals surface area (Å²) in [5.74, 6) is 0.658. The number of hydrogen-bond donors (Lipinski definition) is 1. The Balaban J connectivity index is 1.07. The molecule has 6 rings (SSSR count). The van der Waals surface area contributed by atoms with Crippen LogP contribution >= 0.6 is 11.3 Å². The summed E-state index contributed by atoms with van der Waals surface area (Å²) in [5.41, 5.74) is 2.45. The average molecular weight is 548 g/mol. The van der Waals surface area contributed by atoms with Crippen molar-refractivity contribution in [2.45, 2.75) is 70.8 Å². The molecule has 2 amide bonds. The van der Waals surface area contributed by atoms with E-state index in [9.17, 15) is 14.4 Å². The Morgan fingerprint density at radius 3 is 2.64 bits per heavy atom. The lowest BCUT2D eigenvalue weighted by molar-refractivity contribution is -0.124. The van der Waals surface area contributed by atoms with Crippen molar-refractivity contribution in [2.75, 3.05) is 18.0 Å². The SMILES string of the molecule is CC(C)(C)OC(=O)N1Cc2cc(CNC(=O)[C@@H]3CCc4cnc(N5CC(c6ccccc6)C5)c(=O)n43)sc2C1. The number of nitrogens with one attached hydrogen (secondary N) is 1. The molecule has 0 bridgehead atoms. The van der Waals surface area contributed by atoms with Gasteiger partial charge in [0.05, 0.1) is 19.6 Å². The minimum Gasteiger partial charge on any atom is -0.444 e. The molecule has 0 radical (unpaired) electrons. The number of hydrogen-bond acceptors (Lipinski definition) is 7. The number of thiophene rings is 1. The number of anilines is 1. The standard InChI is InChI=1S/C29H33N5O4S/c1-29(2,3)38-28(37)33-14-19-11-22(39-24(19)17-33)13-31-26(35)23-10-9-21-12-30-25(27(36)34(21)23)32-15-20(16-32)18-7-5-4-6-8-18/h4-8,11-12,20,23H,9-10,13-17H2,1-3H3,(H,31,35)/t23-/m0/s1. The Bertz CT molecular complexity index is 1450. The van der Waals surface area contributed by atoms with Gasteiger partial charge in [-0.05, 0) is 50.8 Å². The van der Waals surface area contributed by atoms with Crippen molar-refractivity contribution in [3.05, 3.63) is 79.5 Å². The van der Waals surface area contributed by atoms with Crippen LogP contribution in [0.4, 0.5) is 10.6 Å². The normalized spacial score (nSPS) is 18.5. The molecule has 1 atom stereocenters. The van der Waals surface area contributed by atoms with Crippen molar-refractivity contribution >= 4 is 29.2 Å². The molecule has 10 heteroatoms. The van der Waals surface area contributed by atoms with Crippen molar-refractivity contribution in [3.8, 4) is 0 Å². The minimum absolute atomic E-state index is 0.150. The molecule has 0 unspecified atom stereocenters. The molecule has 1 fully saturated rings. The van der Waals surface area contributed by atoms with E-state index in [0.717, 1.165) is 34.1 Å². The van der Waals surface area contributed by atoms with Crippen molar-refractivity contribution in [1.82, 2.24) is 19.8 Å². The van der Waals surface area contributed by atoms with Crippen LogP contribution in [0.3, 0.4) is 0 Å².